The molecule has 20 heavy (non-hydrogen) atoms. The average molecular weight is 279 g/mol. The number of rotatable bonds is 3. The minimum atomic E-state index is -1.08. The van der Waals surface area contributed by atoms with E-state index in [9.17, 15) is 9.59 Å². The lowest BCUT2D eigenvalue weighted by Crippen LogP contribution is -2.43. The molecule has 0 aromatic carbocycles. The molecule has 2 unspecified atom stereocenters. The fraction of sp³-hybridized carbons (Fsp3) is 0.462. The number of carbonyl (C=O) groups excluding carboxylic acids is 1. The summed E-state index contributed by atoms with van der Waals surface area (Å²) >= 11 is 0. The highest BCUT2D eigenvalue weighted by Crippen LogP contribution is 2.19. The smallest absolute Gasteiger partial charge is 0.337 e. The van der Waals surface area contributed by atoms with Gasteiger partial charge in [-0.15, -0.1) is 0 Å². The lowest BCUT2D eigenvalue weighted by Gasteiger charge is -2.26. The van der Waals surface area contributed by atoms with Gasteiger partial charge in [-0.05, 0) is 19.4 Å². The van der Waals surface area contributed by atoms with Crippen LogP contribution in [0.1, 0.15) is 23.7 Å². The van der Waals surface area contributed by atoms with Gasteiger partial charge in [-0.2, -0.15) is 0 Å². The van der Waals surface area contributed by atoms with Crippen LogP contribution in [-0.4, -0.2) is 52.8 Å². The lowest BCUT2D eigenvalue weighted by atomic mass is 10.1. The zero-order valence-electron chi connectivity index (χ0n) is 11.4. The van der Waals surface area contributed by atoms with Gasteiger partial charge in [0.1, 0.15) is 0 Å². The zero-order chi connectivity index (χ0) is 14.7. The van der Waals surface area contributed by atoms with Crippen molar-refractivity contribution in [1.29, 1.82) is 0 Å². The Kier molecular flexibility index (Phi) is 4.19. The topological polar surface area (TPSA) is 91.8 Å². The van der Waals surface area contributed by atoms with E-state index < -0.39 is 5.97 Å². The van der Waals surface area contributed by atoms with Crippen molar-refractivity contribution in [2.75, 3.05) is 19.0 Å². The van der Waals surface area contributed by atoms with Crippen LogP contribution in [0, 0.1) is 0 Å². The number of carbonyl (C=O) groups is 2. The fourth-order valence-corrected chi connectivity index (χ4v) is 2.22. The van der Waals surface area contributed by atoms with Crippen LogP contribution in [0.4, 0.5) is 10.5 Å². The second-order valence-corrected chi connectivity index (χ2v) is 4.74. The van der Waals surface area contributed by atoms with E-state index in [0.29, 0.717) is 12.3 Å². The summed E-state index contributed by atoms with van der Waals surface area (Å²) in [6.07, 6.45) is 3.43. The summed E-state index contributed by atoms with van der Waals surface area (Å²) in [6.45, 7) is 2.56. The first-order valence-corrected chi connectivity index (χ1v) is 6.33. The van der Waals surface area contributed by atoms with E-state index in [-0.39, 0.29) is 23.7 Å². The molecule has 2 heterocycles. The molecular weight excluding hydrogens is 262 g/mol. The molecule has 1 aromatic rings. The number of aromatic carboxylic acids is 1. The molecule has 2 atom stereocenters. The predicted molar refractivity (Wildman–Crippen MR) is 71.8 cm³/mol. The number of carboxylic acid groups (broad SMARTS) is 1. The Bertz CT molecular complexity index is 520. The van der Waals surface area contributed by atoms with E-state index >= 15 is 0 Å². The van der Waals surface area contributed by atoms with Gasteiger partial charge in [0.15, 0.2) is 0 Å². The van der Waals surface area contributed by atoms with Crippen LogP contribution in [0.2, 0.25) is 0 Å². The molecule has 7 heteroatoms. The molecule has 2 rings (SSSR count). The third-order valence-electron chi connectivity index (χ3n) is 3.39. The van der Waals surface area contributed by atoms with Crippen molar-refractivity contribution in [2.45, 2.75) is 25.5 Å². The molecule has 1 fully saturated rings. The number of carboxylic acids is 1. The molecule has 1 aliphatic rings. The van der Waals surface area contributed by atoms with E-state index in [1.165, 1.54) is 18.5 Å². The summed E-state index contributed by atoms with van der Waals surface area (Å²) in [5.74, 6) is -1.08. The Morgan fingerprint density at radius 3 is 2.85 bits per heavy atom. The molecule has 1 saturated heterocycles. The standard InChI is InChI=1S/C13H17N3O4/c1-8-11(3-4-20-8)16(2)13(19)15-10-5-9(12(17)18)6-14-7-10/h5-8,11H,3-4H2,1-2H3,(H,15,19)(H,17,18). The van der Waals surface area contributed by atoms with Gasteiger partial charge in [-0.25, -0.2) is 9.59 Å². The van der Waals surface area contributed by atoms with Crippen molar-refractivity contribution >= 4 is 17.7 Å². The Hall–Kier alpha value is -2.15. The molecular formula is C13H17N3O4. The van der Waals surface area contributed by atoms with Gasteiger partial charge in [-0.1, -0.05) is 0 Å². The Balaban J connectivity index is 2.04. The Morgan fingerprint density at radius 1 is 1.50 bits per heavy atom. The van der Waals surface area contributed by atoms with Crippen LogP contribution in [0.15, 0.2) is 18.5 Å². The first kappa shape index (κ1) is 14.3. The number of pyridine rings is 1. The van der Waals surface area contributed by atoms with Crippen molar-refractivity contribution in [3.05, 3.63) is 24.0 Å². The van der Waals surface area contributed by atoms with Crippen LogP contribution < -0.4 is 5.32 Å². The van der Waals surface area contributed by atoms with E-state index in [0.717, 1.165) is 6.42 Å². The molecule has 108 valence electrons. The quantitative estimate of drug-likeness (QED) is 0.873. The van der Waals surface area contributed by atoms with Gasteiger partial charge in [0.2, 0.25) is 0 Å². The summed E-state index contributed by atoms with van der Waals surface area (Å²) in [4.78, 5) is 28.3. The number of amides is 2. The van der Waals surface area contributed by atoms with Crippen molar-refractivity contribution < 1.29 is 19.4 Å². The highest BCUT2D eigenvalue weighted by Gasteiger charge is 2.30. The largest absolute Gasteiger partial charge is 0.478 e. The molecule has 2 N–H and O–H groups in total. The number of hydrogen-bond acceptors (Lipinski definition) is 4. The molecule has 0 aliphatic carbocycles. The van der Waals surface area contributed by atoms with Crippen molar-refractivity contribution in [3.63, 3.8) is 0 Å². The maximum atomic E-state index is 12.1. The fourth-order valence-electron chi connectivity index (χ4n) is 2.22. The molecule has 7 nitrogen and oxygen atoms in total. The predicted octanol–water partition coefficient (Wildman–Crippen LogP) is 1.42. The van der Waals surface area contributed by atoms with Crippen LogP contribution >= 0.6 is 0 Å². The third-order valence-corrected chi connectivity index (χ3v) is 3.39. The maximum absolute atomic E-state index is 12.1. The number of ether oxygens (including phenoxy) is 1. The van der Waals surface area contributed by atoms with Gasteiger partial charge < -0.3 is 20.1 Å². The number of nitrogens with zero attached hydrogens (tertiary/aromatic N) is 2. The summed E-state index contributed by atoms with van der Waals surface area (Å²) in [7, 11) is 1.69. The maximum Gasteiger partial charge on any atom is 0.337 e. The van der Waals surface area contributed by atoms with Crippen LogP contribution in [0.25, 0.3) is 0 Å². The molecule has 0 spiro atoms. The number of anilines is 1. The average Bonchev–Trinajstić information content (AvgIpc) is 2.84. The molecule has 2 amide bonds. The third kappa shape index (κ3) is 3.05. The SMILES string of the molecule is CC1OCCC1N(C)C(=O)Nc1cncc(C(=O)O)c1. The van der Waals surface area contributed by atoms with Crippen LogP contribution in [-0.2, 0) is 4.74 Å². The molecule has 1 aliphatic heterocycles. The highest BCUT2D eigenvalue weighted by atomic mass is 16.5. The normalized spacial score (nSPS) is 21.5. The molecule has 0 bridgehead atoms. The van der Waals surface area contributed by atoms with Crippen molar-refractivity contribution in [2.24, 2.45) is 0 Å². The van der Waals surface area contributed by atoms with E-state index in [1.54, 1.807) is 11.9 Å². The first-order valence-electron chi connectivity index (χ1n) is 6.33. The number of urea groups is 1. The van der Waals surface area contributed by atoms with E-state index in [2.05, 4.69) is 10.3 Å². The van der Waals surface area contributed by atoms with Gasteiger partial charge in [0.25, 0.3) is 0 Å². The monoisotopic (exact) mass is 279 g/mol. The Labute approximate surface area is 116 Å². The summed E-state index contributed by atoms with van der Waals surface area (Å²) in [5.41, 5.74) is 0.385. The first-order chi connectivity index (χ1) is 9.49. The van der Waals surface area contributed by atoms with Crippen LogP contribution in [0.3, 0.4) is 0 Å². The minimum absolute atomic E-state index is 0.00534. The summed E-state index contributed by atoms with van der Waals surface area (Å²) in [5, 5.41) is 11.5. The van der Waals surface area contributed by atoms with E-state index in [4.69, 9.17) is 9.84 Å². The second-order valence-electron chi connectivity index (χ2n) is 4.74. The van der Waals surface area contributed by atoms with Gasteiger partial charge in [0.05, 0.1) is 29.6 Å². The highest BCUT2D eigenvalue weighted by molar-refractivity contribution is 5.92. The molecule has 0 radical (unpaired) electrons. The molecule has 0 saturated carbocycles. The Morgan fingerprint density at radius 2 is 2.25 bits per heavy atom. The summed E-state index contributed by atoms with van der Waals surface area (Å²) < 4.78 is 5.43. The van der Waals surface area contributed by atoms with Gasteiger partial charge in [0, 0.05) is 19.9 Å². The zero-order valence-corrected chi connectivity index (χ0v) is 11.4. The van der Waals surface area contributed by atoms with Crippen molar-refractivity contribution in [3.8, 4) is 0 Å². The lowest BCUT2D eigenvalue weighted by molar-refractivity contribution is 0.0696. The van der Waals surface area contributed by atoms with Gasteiger partial charge in [-0.3, -0.25) is 4.98 Å². The van der Waals surface area contributed by atoms with E-state index in [1.807, 2.05) is 6.92 Å². The number of likely N-dealkylation sites (N-methyl/N-ethyl adjacent to an activating group) is 1. The number of hydrogen-bond donors (Lipinski definition) is 2. The summed E-state index contributed by atoms with van der Waals surface area (Å²) in [6, 6.07) is 1.08. The second kappa shape index (κ2) is 5.87. The van der Waals surface area contributed by atoms with Crippen molar-refractivity contribution in [1.82, 2.24) is 9.88 Å². The minimum Gasteiger partial charge on any atom is -0.478 e. The number of nitrogens with one attached hydrogen (secondary N) is 1. The van der Waals surface area contributed by atoms with Crippen LogP contribution in [0.5, 0.6) is 0 Å². The van der Waals surface area contributed by atoms with Gasteiger partial charge >= 0.3 is 12.0 Å². The molecule has 1 aromatic heterocycles. The number of aromatic nitrogens is 1.